The first kappa shape index (κ1) is 24.4. The lowest BCUT2D eigenvalue weighted by molar-refractivity contribution is -0.112. The minimum atomic E-state index is -3.59. The van der Waals surface area contributed by atoms with E-state index in [-0.39, 0.29) is 21.6 Å². The van der Waals surface area contributed by atoms with Gasteiger partial charge in [0.2, 0.25) is 15.0 Å². The Morgan fingerprint density at radius 2 is 2.09 bits per heavy atom. The molecule has 0 unspecified atom stereocenters. The number of aryl methyl sites for hydroxylation is 1. The van der Waals surface area contributed by atoms with Crippen molar-refractivity contribution in [2.24, 2.45) is 0 Å². The van der Waals surface area contributed by atoms with Crippen LogP contribution in [0.1, 0.15) is 23.9 Å². The summed E-state index contributed by atoms with van der Waals surface area (Å²) in [6, 6.07) is 9.10. The monoisotopic (exact) mass is 505 g/mol. The molecule has 12 heteroatoms. The third-order valence-corrected chi connectivity index (χ3v) is 7.36. The number of carbonyl (C=O) groups excluding carboxylic acids is 1. The van der Waals surface area contributed by atoms with Crippen LogP contribution >= 0.6 is 23.1 Å². The SMILES string of the molecule is CCS(=O)(=O)c1nsc(NC(=O)/C(C#N)=C\c2cc(C)n(-c3ccc(OC)c(Cl)c3)c2C)n1. The first-order valence-electron chi connectivity index (χ1n) is 9.63. The van der Waals surface area contributed by atoms with E-state index in [4.69, 9.17) is 16.3 Å². The van der Waals surface area contributed by atoms with Crippen molar-refractivity contribution in [2.45, 2.75) is 25.9 Å². The largest absolute Gasteiger partial charge is 0.495 e. The van der Waals surface area contributed by atoms with Gasteiger partial charge >= 0.3 is 0 Å². The van der Waals surface area contributed by atoms with E-state index in [1.807, 2.05) is 36.6 Å². The van der Waals surface area contributed by atoms with Crippen molar-refractivity contribution < 1.29 is 17.9 Å². The molecule has 0 saturated heterocycles. The number of methoxy groups -OCH3 is 1. The summed E-state index contributed by atoms with van der Waals surface area (Å²) in [6.45, 7) is 5.23. The summed E-state index contributed by atoms with van der Waals surface area (Å²) in [5, 5.41) is 12.1. The maximum Gasteiger partial charge on any atom is 0.268 e. The molecule has 172 valence electrons. The van der Waals surface area contributed by atoms with Crippen LogP contribution < -0.4 is 10.1 Å². The quantitative estimate of drug-likeness (QED) is 0.380. The highest BCUT2D eigenvalue weighted by molar-refractivity contribution is 7.91. The second-order valence-corrected chi connectivity index (χ2v) is 10.2. The highest BCUT2D eigenvalue weighted by Gasteiger charge is 2.20. The number of aromatic nitrogens is 3. The van der Waals surface area contributed by atoms with Gasteiger partial charge in [0.15, 0.2) is 0 Å². The summed E-state index contributed by atoms with van der Waals surface area (Å²) < 4.78 is 34.6. The fraction of sp³-hybridized carbons (Fsp3) is 0.238. The van der Waals surface area contributed by atoms with Crippen LogP contribution in [0.2, 0.25) is 5.02 Å². The van der Waals surface area contributed by atoms with E-state index >= 15 is 0 Å². The van der Waals surface area contributed by atoms with Gasteiger partial charge in [-0.3, -0.25) is 10.1 Å². The Morgan fingerprint density at radius 3 is 2.70 bits per heavy atom. The van der Waals surface area contributed by atoms with Crippen LogP contribution in [-0.4, -0.2) is 41.1 Å². The molecule has 2 heterocycles. The Hall–Kier alpha value is -3.20. The molecule has 0 atom stereocenters. The van der Waals surface area contributed by atoms with E-state index in [1.165, 1.54) is 20.1 Å². The first-order chi connectivity index (χ1) is 15.6. The fourth-order valence-corrected chi connectivity index (χ4v) is 4.95. The molecule has 3 rings (SSSR count). The van der Waals surface area contributed by atoms with Crippen LogP contribution in [0, 0.1) is 25.2 Å². The Morgan fingerprint density at radius 1 is 1.36 bits per heavy atom. The van der Waals surface area contributed by atoms with Crippen molar-refractivity contribution >= 4 is 50.1 Å². The number of benzene rings is 1. The zero-order chi connectivity index (χ0) is 24.3. The number of nitriles is 1. The molecule has 9 nitrogen and oxygen atoms in total. The molecule has 1 aromatic carbocycles. The normalized spacial score (nSPS) is 11.8. The lowest BCUT2D eigenvalue weighted by Gasteiger charge is -2.12. The molecule has 3 aromatic rings. The molecule has 0 saturated carbocycles. The van der Waals surface area contributed by atoms with Gasteiger partial charge in [-0.15, -0.1) is 0 Å². The van der Waals surface area contributed by atoms with Crippen molar-refractivity contribution in [3.05, 3.63) is 51.8 Å². The predicted octanol–water partition coefficient (Wildman–Crippen LogP) is 3.95. The lowest BCUT2D eigenvalue weighted by Crippen LogP contribution is -2.14. The molecule has 0 spiro atoms. The molecule has 0 aliphatic rings. The molecule has 1 amide bonds. The van der Waals surface area contributed by atoms with Gasteiger partial charge in [0, 0.05) is 28.6 Å². The maximum absolute atomic E-state index is 12.6. The Bertz CT molecular complexity index is 1400. The number of sulfone groups is 1. The minimum Gasteiger partial charge on any atom is -0.495 e. The second-order valence-electron chi connectivity index (χ2n) is 6.89. The number of anilines is 1. The Kier molecular flexibility index (Phi) is 7.22. The third-order valence-electron chi connectivity index (χ3n) is 4.81. The summed E-state index contributed by atoms with van der Waals surface area (Å²) in [7, 11) is -2.05. The van der Waals surface area contributed by atoms with Gasteiger partial charge in [0.1, 0.15) is 17.4 Å². The molecule has 1 N–H and O–H groups in total. The molecular weight excluding hydrogens is 486 g/mol. The van der Waals surface area contributed by atoms with E-state index < -0.39 is 15.7 Å². The van der Waals surface area contributed by atoms with Crippen LogP contribution in [-0.2, 0) is 14.6 Å². The number of nitrogens with one attached hydrogen (secondary N) is 1. The van der Waals surface area contributed by atoms with Crippen molar-refractivity contribution in [1.29, 1.82) is 5.26 Å². The maximum atomic E-state index is 12.6. The van der Waals surface area contributed by atoms with E-state index in [0.29, 0.717) is 16.3 Å². The molecule has 0 radical (unpaired) electrons. The molecule has 0 aliphatic heterocycles. The predicted molar refractivity (Wildman–Crippen MR) is 127 cm³/mol. The molecule has 2 aromatic heterocycles. The topological polar surface area (TPSA) is 127 Å². The Balaban J connectivity index is 1.90. The van der Waals surface area contributed by atoms with Crippen LogP contribution in [0.4, 0.5) is 5.13 Å². The van der Waals surface area contributed by atoms with Gasteiger partial charge < -0.3 is 9.30 Å². The molecule has 0 aliphatic carbocycles. The van der Waals surface area contributed by atoms with E-state index in [0.717, 1.165) is 28.6 Å². The van der Waals surface area contributed by atoms with Crippen LogP contribution in [0.25, 0.3) is 11.8 Å². The summed E-state index contributed by atoms with van der Waals surface area (Å²) in [5.41, 5.74) is 2.96. The van der Waals surface area contributed by atoms with Crippen LogP contribution in [0.3, 0.4) is 0 Å². The van der Waals surface area contributed by atoms with Gasteiger partial charge in [0.25, 0.3) is 11.1 Å². The van der Waals surface area contributed by atoms with Gasteiger partial charge in [-0.1, -0.05) is 18.5 Å². The number of hydrogen-bond acceptors (Lipinski definition) is 8. The highest BCUT2D eigenvalue weighted by atomic mass is 35.5. The van der Waals surface area contributed by atoms with Crippen molar-refractivity contribution in [2.75, 3.05) is 18.2 Å². The first-order valence-corrected chi connectivity index (χ1v) is 12.4. The van der Waals surface area contributed by atoms with Crippen molar-refractivity contribution in [3.63, 3.8) is 0 Å². The smallest absolute Gasteiger partial charge is 0.268 e. The number of nitrogens with zero attached hydrogens (tertiary/aromatic N) is 4. The molecule has 0 bridgehead atoms. The zero-order valence-electron chi connectivity index (χ0n) is 18.2. The molecule has 0 fully saturated rings. The van der Waals surface area contributed by atoms with E-state index in [2.05, 4.69) is 14.7 Å². The number of carbonyl (C=O) groups is 1. The average molecular weight is 506 g/mol. The van der Waals surface area contributed by atoms with E-state index in [9.17, 15) is 18.5 Å². The minimum absolute atomic E-state index is 0.00785. The van der Waals surface area contributed by atoms with Crippen LogP contribution in [0.5, 0.6) is 5.75 Å². The molecular formula is C21H20ClN5O4S2. The lowest BCUT2D eigenvalue weighted by atomic mass is 10.1. The standard InChI is InChI=1S/C21H20ClN5O4S2/c1-5-33(29,30)21-25-20(32-26-21)24-19(28)15(11-23)9-14-8-12(2)27(13(14)3)16-6-7-18(31-4)17(22)10-16/h6-10H,5H2,1-4H3,(H,24,25,26,28)/b15-9-. The van der Waals surface area contributed by atoms with Gasteiger partial charge in [-0.2, -0.15) is 14.6 Å². The number of hydrogen-bond donors (Lipinski definition) is 1. The number of ether oxygens (including phenoxy) is 1. The van der Waals surface area contributed by atoms with Gasteiger partial charge in [-0.05, 0) is 49.8 Å². The summed E-state index contributed by atoms with van der Waals surface area (Å²) in [5.74, 6) is -0.320. The van der Waals surface area contributed by atoms with Crippen molar-refractivity contribution in [1.82, 2.24) is 13.9 Å². The third kappa shape index (κ3) is 5.08. The number of halogens is 1. The summed E-state index contributed by atoms with van der Waals surface area (Å²) in [4.78, 5) is 16.5. The molecule has 33 heavy (non-hydrogen) atoms. The number of rotatable bonds is 7. The van der Waals surface area contributed by atoms with Gasteiger partial charge in [-0.25, -0.2) is 8.42 Å². The zero-order valence-corrected chi connectivity index (χ0v) is 20.6. The van der Waals surface area contributed by atoms with Gasteiger partial charge in [0.05, 0.1) is 17.9 Å². The summed E-state index contributed by atoms with van der Waals surface area (Å²) >= 11 is 6.99. The summed E-state index contributed by atoms with van der Waals surface area (Å²) in [6.07, 6.45) is 1.46. The average Bonchev–Trinajstić information content (AvgIpc) is 3.36. The van der Waals surface area contributed by atoms with Crippen LogP contribution in [0.15, 0.2) is 35.0 Å². The second kappa shape index (κ2) is 9.74. The van der Waals surface area contributed by atoms with Crippen molar-refractivity contribution in [3.8, 4) is 17.5 Å². The Labute approximate surface area is 200 Å². The van der Waals surface area contributed by atoms with E-state index in [1.54, 1.807) is 12.1 Å². The fourth-order valence-electron chi connectivity index (χ4n) is 3.11. The number of amides is 1. The highest BCUT2D eigenvalue weighted by Crippen LogP contribution is 2.30.